The molecule has 5 heteroatoms. The number of nitriles is 1. The molecule has 3 aromatic rings. The van der Waals surface area contributed by atoms with Crippen LogP contribution in [0.1, 0.15) is 28.8 Å². The Morgan fingerprint density at radius 1 is 0.852 bits per heavy atom. The standard InChI is InChI=1S/C22H20N4S/c23-15-16-11-13-19(14-12-16)25-22(27)26-21(18-9-5-2-6-10-18)20(24)17-7-3-1-4-8-17/h1-14,20-21H,24H2,(H2,25,26,27)/t20-,21-/m0/s1. The molecular weight excluding hydrogens is 352 g/mol. The minimum Gasteiger partial charge on any atom is -0.354 e. The topological polar surface area (TPSA) is 73.9 Å². The number of thiocarbonyl (C=S) groups is 1. The van der Waals surface area contributed by atoms with Gasteiger partial charge in [0.05, 0.1) is 23.7 Å². The van der Waals surface area contributed by atoms with Crippen LogP contribution in [0.25, 0.3) is 0 Å². The van der Waals surface area contributed by atoms with E-state index < -0.39 is 0 Å². The SMILES string of the molecule is N#Cc1ccc(NC(=S)N[C@@H](c2ccccc2)[C@@H](N)c2ccccc2)cc1. The van der Waals surface area contributed by atoms with Gasteiger partial charge in [0.15, 0.2) is 5.11 Å². The largest absolute Gasteiger partial charge is 0.354 e. The maximum atomic E-state index is 8.90. The fraction of sp³-hybridized carbons (Fsp3) is 0.0909. The van der Waals surface area contributed by atoms with Gasteiger partial charge in [-0.3, -0.25) is 0 Å². The van der Waals surface area contributed by atoms with Crippen LogP contribution in [-0.2, 0) is 0 Å². The molecule has 0 saturated heterocycles. The molecule has 3 aromatic carbocycles. The van der Waals surface area contributed by atoms with Crippen LogP contribution in [0, 0.1) is 11.3 Å². The summed E-state index contributed by atoms with van der Waals surface area (Å²) in [6, 6.07) is 28.7. The summed E-state index contributed by atoms with van der Waals surface area (Å²) in [7, 11) is 0. The van der Waals surface area contributed by atoms with E-state index in [-0.39, 0.29) is 12.1 Å². The highest BCUT2D eigenvalue weighted by Gasteiger charge is 2.22. The van der Waals surface area contributed by atoms with Crippen LogP contribution >= 0.6 is 12.2 Å². The van der Waals surface area contributed by atoms with Crippen molar-refractivity contribution in [1.29, 1.82) is 5.26 Å². The van der Waals surface area contributed by atoms with E-state index in [9.17, 15) is 0 Å². The van der Waals surface area contributed by atoms with Crippen molar-refractivity contribution >= 4 is 23.0 Å². The second-order valence-corrected chi connectivity index (χ2v) is 6.52. The minimum absolute atomic E-state index is 0.188. The number of nitrogens with zero attached hydrogens (tertiary/aromatic N) is 1. The molecule has 0 heterocycles. The predicted octanol–water partition coefficient (Wildman–Crippen LogP) is 4.29. The Balaban J connectivity index is 1.78. The number of anilines is 1. The summed E-state index contributed by atoms with van der Waals surface area (Å²) in [5, 5.41) is 15.9. The number of nitrogens with one attached hydrogen (secondary N) is 2. The molecule has 0 radical (unpaired) electrons. The van der Waals surface area contributed by atoms with Crippen molar-refractivity contribution < 1.29 is 0 Å². The first-order chi connectivity index (χ1) is 13.2. The average molecular weight is 372 g/mol. The zero-order valence-corrected chi connectivity index (χ0v) is 15.5. The van der Waals surface area contributed by atoms with E-state index in [1.165, 1.54) is 0 Å². The fourth-order valence-electron chi connectivity index (χ4n) is 2.85. The smallest absolute Gasteiger partial charge is 0.171 e. The molecule has 3 rings (SSSR count). The molecule has 4 nitrogen and oxygen atoms in total. The summed E-state index contributed by atoms with van der Waals surface area (Å²) in [5.74, 6) is 0. The molecule has 27 heavy (non-hydrogen) atoms. The summed E-state index contributed by atoms with van der Waals surface area (Å²) in [6.07, 6.45) is 0. The van der Waals surface area contributed by atoms with Crippen molar-refractivity contribution in [3.63, 3.8) is 0 Å². The first kappa shape index (κ1) is 18.6. The maximum Gasteiger partial charge on any atom is 0.171 e. The second-order valence-electron chi connectivity index (χ2n) is 6.11. The highest BCUT2D eigenvalue weighted by atomic mass is 32.1. The van der Waals surface area contributed by atoms with Crippen LogP contribution in [0.3, 0.4) is 0 Å². The van der Waals surface area contributed by atoms with Crippen LogP contribution in [0.4, 0.5) is 5.69 Å². The van der Waals surface area contributed by atoms with Crippen molar-refractivity contribution in [2.45, 2.75) is 12.1 Å². The molecule has 0 spiro atoms. The van der Waals surface area contributed by atoms with Crippen molar-refractivity contribution in [2.24, 2.45) is 5.73 Å². The molecular formula is C22H20N4S. The first-order valence-corrected chi connectivity index (χ1v) is 9.01. The Kier molecular flexibility index (Phi) is 6.16. The maximum absolute atomic E-state index is 8.90. The van der Waals surface area contributed by atoms with Gasteiger partial charge in [-0.1, -0.05) is 60.7 Å². The Labute approximate surface area is 164 Å². The van der Waals surface area contributed by atoms with Crippen LogP contribution in [0.2, 0.25) is 0 Å². The van der Waals surface area contributed by atoms with E-state index in [0.29, 0.717) is 10.7 Å². The van der Waals surface area contributed by atoms with Crippen LogP contribution < -0.4 is 16.4 Å². The van der Waals surface area contributed by atoms with Gasteiger partial charge < -0.3 is 16.4 Å². The molecule has 0 fully saturated rings. The summed E-state index contributed by atoms with van der Waals surface area (Å²) in [5.41, 5.74) is 10.1. The van der Waals surface area contributed by atoms with E-state index in [2.05, 4.69) is 16.7 Å². The third-order valence-electron chi connectivity index (χ3n) is 4.26. The zero-order valence-electron chi connectivity index (χ0n) is 14.7. The molecule has 0 unspecified atom stereocenters. The Hall–Kier alpha value is -3.20. The highest BCUT2D eigenvalue weighted by molar-refractivity contribution is 7.80. The summed E-state index contributed by atoms with van der Waals surface area (Å²) < 4.78 is 0. The third-order valence-corrected chi connectivity index (χ3v) is 4.48. The highest BCUT2D eigenvalue weighted by Crippen LogP contribution is 2.27. The van der Waals surface area contributed by atoms with Crippen LogP contribution in [0.15, 0.2) is 84.9 Å². The van der Waals surface area contributed by atoms with E-state index in [0.717, 1.165) is 16.8 Å². The second kappa shape index (κ2) is 8.95. The molecule has 4 N–H and O–H groups in total. The Morgan fingerprint density at radius 3 is 1.96 bits per heavy atom. The molecule has 0 aliphatic carbocycles. The summed E-state index contributed by atoms with van der Waals surface area (Å²) in [4.78, 5) is 0. The van der Waals surface area contributed by atoms with Gasteiger partial charge in [-0.2, -0.15) is 5.26 Å². The van der Waals surface area contributed by atoms with Gasteiger partial charge in [-0.25, -0.2) is 0 Å². The number of nitrogens with two attached hydrogens (primary N) is 1. The van der Waals surface area contributed by atoms with E-state index >= 15 is 0 Å². The molecule has 0 aromatic heterocycles. The average Bonchev–Trinajstić information content (AvgIpc) is 2.73. The van der Waals surface area contributed by atoms with Crippen molar-refractivity contribution in [1.82, 2.24) is 5.32 Å². The quantitative estimate of drug-likeness (QED) is 0.583. The molecule has 134 valence electrons. The Bertz CT molecular complexity index is 918. The fourth-order valence-corrected chi connectivity index (χ4v) is 3.09. The predicted molar refractivity (Wildman–Crippen MR) is 113 cm³/mol. The molecule has 2 atom stereocenters. The van der Waals surface area contributed by atoms with Gasteiger partial charge in [0.2, 0.25) is 0 Å². The first-order valence-electron chi connectivity index (χ1n) is 8.60. The van der Waals surface area contributed by atoms with Gasteiger partial charge in [0.25, 0.3) is 0 Å². The molecule has 0 amide bonds. The van der Waals surface area contributed by atoms with Crippen molar-refractivity contribution in [2.75, 3.05) is 5.32 Å². The zero-order chi connectivity index (χ0) is 19.1. The number of rotatable bonds is 5. The van der Waals surface area contributed by atoms with Gasteiger partial charge in [-0.15, -0.1) is 0 Å². The van der Waals surface area contributed by atoms with Crippen molar-refractivity contribution in [3.05, 3.63) is 102 Å². The number of benzene rings is 3. The van der Waals surface area contributed by atoms with Gasteiger partial charge in [0.1, 0.15) is 0 Å². The normalized spacial score (nSPS) is 12.4. The lowest BCUT2D eigenvalue weighted by molar-refractivity contribution is 0.527. The molecule has 0 aliphatic heterocycles. The van der Waals surface area contributed by atoms with Gasteiger partial charge in [-0.05, 0) is 47.6 Å². The van der Waals surface area contributed by atoms with Gasteiger partial charge in [0, 0.05) is 5.69 Å². The van der Waals surface area contributed by atoms with Gasteiger partial charge >= 0.3 is 0 Å². The third kappa shape index (κ3) is 4.91. The number of hydrogen-bond donors (Lipinski definition) is 3. The lowest BCUT2D eigenvalue weighted by Gasteiger charge is -2.27. The molecule has 0 aliphatic rings. The minimum atomic E-state index is -0.269. The summed E-state index contributed by atoms with van der Waals surface area (Å²) in [6.45, 7) is 0. The lowest BCUT2D eigenvalue weighted by Crippen LogP contribution is -2.38. The van der Waals surface area contributed by atoms with Crippen LogP contribution in [-0.4, -0.2) is 5.11 Å². The molecule has 0 bridgehead atoms. The van der Waals surface area contributed by atoms with E-state index in [1.54, 1.807) is 12.1 Å². The lowest BCUT2D eigenvalue weighted by atomic mass is 9.94. The van der Waals surface area contributed by atoms with Crippen molar-refractivity contribution in [3.8, 4) is 6.07 Å². The molecule has 0 saturated carbocycles. The van der Waals surface area contributed by atoms with Crippen LogP contribution in [0.5, 0.6) is 0 Å². The monoisotopic (exact) mass is 372 g/mol. The number of hydrogen-bond acceptors (Lipinski definition) is 3. The Morgan fingerprint density at radius 2 is 1.41 bits per heavy atom. The van der Waals surface area contributed by atoms with E-state index in [1.807, 2.05) is 72.8 Å². The summed E-state index contributed by atoms with van der Waals surface area (Å²) >= 11 is 5.50. The van der Waals surface area contributed by atoms with E-state index in [4.69, 9.17) is 23.2 Å².